The van der Waals surface area contributed by atoms with E-state index in [0.717, 1.165) is 33.5 Å². The minimum atomic E-state index is -0.643. The quantitative estimate of drug-likeness (QED) is 0.193. The van der Waals surface area contributed by atoms with E-state index in [1.54, 1.807) is 39.1 Å². The molecule has 1 aliphatic heterocycles. The van der Waals surface area contributed by atoms with Crippen molar-refractivity contribution in [2.75, 3.05) is 5.75 Å². The van der Waals surface area contributed by atoms with Gasteiger partial charge in [-0.05, 0) is 60.3 Å². The lowest BCUT2D eigenvalue weighted by atomic mass is 10.00. The molecule has 44 heavy (non-hydrogen) atoms. The zero-order valence-electron chi connectivity index (χ0n) is 23.5. The van der Waals surface area contributed by atoms with Gasteiger partial charge in [0.15, 0.2) is 11.0 Å². The van der Waals surface area contributed by atoms with Crippen molar-refractivity contribution in [1.29, 1.82) is 0 Å². The van der Waals surface area contributed by atoms with E-state index in [1.165, 1.54) is 30.3 Å². The third-order valence-electron chi connectivity index (χ3n) is 7.07. The van der Waals surface area contributed by atoms with Gasteiger partial charge >= 0.3 is 0 Å². The molecular formula is C32H26F2N6O2S2. The largest absolute Gasteiger partial charge is 0.345 e. The van der Waals surface area contributed by atoms with Crippen molar-refractivity contribution in [3.8, 4) is 5.69 Å². The summed E-state index contributed by atoms with van der Waals surface area (Å²) in [6.45, 7) is 1.94. The Balaban J connectivity index is 1.24. The summed E-state index contributed by atoms with van der Waals surface area (Å²) in [4.78, 5) is 27.4. The highest BCUT2D eigenvalue weighted by Gasteiger charge is 2.33. The fraction of sp³-hybridized carbons (Fsp3) is 0.156. The Morgan fingerprint density at radius 1 is 0.977 bits per heavy atom. The molecule has 1 aliphatic rings. The SMILES string of the molecule is Cc1ccc([C@H]2CC(c3cccs3)=NN2C(=O)CSc2nnc(CNC(=O)c3ccccc3F)n2-c2ccc(F)cc2)cc1. The minimum absolute atomic E-state index is 0.00446. The van der Waals surface area contributed by atoms with E-state index in [-0.39, 0.29) is 29.8 Å². The lowest BCUT2D eigenvalue weighted by molar-refractivity contribution is -0.130. The van der Waals surface area contributed by atoms with Crippen LogP contribution in [0.2, 0.25) is 0 Å². The summed E-state index contributed by atoms with van der Waals surface area (Å²) in [5.41, 5.74) is 3.41. The molecule has 0 unspecified atom stereocenters. The number of amides is 2. The van der Waals surface area contributed by atoms with E-state index in [0.29, 0.717) is 23.1 Å². The van der Waals surface area contributed by atoms with Gasteiger partial charge in [-0.3, -0.25) is 14.2 Å². The number of nitrogens with one attached hydrogen (secondary N) is 1. The monoisotopic (exact) mass is 628 g/mol. The maximum Gasteiger partial charge on any atom is 0.254 e. The van der Waals surface area contributed by atoms with Crippen molar-refractivity contribution in [3.05, 3.63) is 129 Å². The molecule has 1 atom stereocenters. The van der Waals surface area contributed by atoms with E-state index in [1.807, 2.05) is 48.7 Å². The molecule has 5 aromatic rings. The summed E-state index contributed by atoms with van der Waals surface area (Å²) < 4.78 is 29.5. The molecule has 0 bridgehead atoms. The molecule has 1 N–H and O–H groups in total. The highest BCUT2D eigenvalue weighted by molar-refractivity contribution is 7.99. The summed E-state index contributed by atoms with van der Waals surface area (Å²) in [5, 5.41) is 19.8. The zero-order chi connectivity index (χ0) is 30.6. The van der Waals surface area contributed by atoms with Gasteiger partial charge in [0, 0.05) is 12.1 Å². The Hall–Kier alpha value is -4.68. The minimum Gasteiger partial charge on any atom is -0.345 e. The molecule has 0 spiro atoms. The number of carbonyl (C=O) groups is 2. The molecule has 8 nitrogen and oxygen atoms in total. The van der Waals surface area contributed by atoms with E-state index in [2.05, 4.69) is 15.5 Å². The third kappa shape index (κ3) is 6.31. The summed E-state index contributed by atoms with van der Waals surface area (Å²) in [5.74, 6) is -1.56. The smallest absolute Gasteiger partial charge is 0.254 e. The number of nitrogens with zero attached hydrogens (tertiary/aromatic N) is 5. The molecule has 2 aromatic heterocycles. The fourth-order valence-corrected chi connectivity index (χ4v) is 6.37. The number of halogens is 2. The Kier molecular flexibility index (Phi) is 8.62. The van der Waals surface area contributed by atoms with Crippen molar-refractivity contribution < 1.29 is 18.4 Å². The Labute approximate surface area is 260 Å². The number of hydrogen-bond donors (Lipinski definition) is 1. The van der Waals surface area contributed by atoms with Crippen LogP contribution >= 0.6 is 23.1 Å². The molecule has 3 aromatic carbocycles. The van der Waals surface area contributed by atoms with Crippen molar-refractivity contribution in [2.24, 2.45) is 5.10 Å². The number of thiophene rings is 1. The number of hydrogen-bond acceptors (Lipinski definition) is 7. The topological polar surface area (TPSA) is 92.5 Å². The summed E-state index contributed by atoms with van der Waals surface area (Å²) >= 11 is 2.74. The van der Waals surface area contributed by atoms with Crippen molar-refractivity contribution in [2.45, 2.75) is 31.1 Å². The Bertz CT molecular complexity index is 1820. The molecule has 0 aliphatic carbocycles. The molecular weight excluding hydrogens is 603 g/mol. The molecule has 6 rings (SSSR count). The number of carbonyl (C=O) groups excluding carboxylic acids is 2. The predicted octanol–water partition coefficient (Wildman–Crippen LogP) is 6.32. The summed E-state index contributed by atoms with van der Waals surface area (Å²) in [6, 6.07) is 23.2. The van der Waals surface area contributed by atoms with E-state index in [9.17, 15) is 18.4 Å². The van der Waals surface area contributed by atoms with Crippen LogP contribution in [0.15, 0.2) is 101 Å². The first-order chi connectivity index (χ1) is 21.4. The van der Waals surface area contributed by atoms with Crippen LogP contribution in [0.3, 0.4) is 0 Å². The first-order valence-electron chi connectivity index (χ1n) is 13.7. The van der Waals surface area contributed by atoms with Crippen LogP contribution < -0.4 is 5.32 Å². The highest BCUT2D eigenvalue weighted by atomic mass is 32.2. The first-order valence-corrected chi connectivity index (χ1v) is 15.6. The van der Waals surface area contributed by atoms with Gasteiger partial charge in [-0.2, -0.15) is 5.10 Å². The maximum absolute atomic E-state index is 14.1. The van der Waals surface area contributed by atoms with Crippen LogP contribution in [0.25, 0.3) is 5.69 Å². The van der Waals surface area contributed by atoms with Crippen molar-refractivity contribution in [3.63, 3.8) is 0 Å². The van der Waals surface area contributed by atoms with E-state index in [4.69, 9.17) is 5.10 Å². The average molecular weight is 629 g/mol. The van der Waals surface area contributed by atoms with Crippen molar-refractivity contribution in [1.82, 2.24) is 25.1 Å². The predicted molar refractivity (Wildman–Crippen MR) is 166 cm³/mol. The number of rotatable bonds is 9. The van der Waals surface area contributed by atoms with Gasteiger partial charge in [0.2, 0.25) is 0 Å². The van der Waals surface area contributed by atoms with Crippen LogP contribution in [0.1, 0.15) is 44.6 Å². The van der Waals surface area contributed by atoms with Gasteiger partial charge in [0.05, 0.1) is 34.5 Å². The van der Waals surface area contributed by atoms with Gasteiger partial charge in [-0.15, -0.1) is 21.5 Å². The second-order valence-electron chi connectivity index (χ2n) is 10.1. The van der Waals surface area contributed by atoms with Gasteiger partial charge in [0.1, 0.15) is 11.6 Å². The molecule has 12 heteroatoms. The molecule has 3 heterocycles. The van der Waals surface area contributed by atoms with Crippen LogP contribution in [-0.4, -0.2) is 43.1 Å². The van der Waals surface area contributed by atoms with Gasteiger partial charge in [0.25, 0.3) is 11.8 Å². The zero-order valence-corrected chi connectivity index (χ0v) is 25.1. The molecule has 0 saturated carbocycles. The average Bonchev–Trinajstić information content (AvgIpc) is 3.80. The van der Waals surface area contributed by atoms with Gasteiger partial charge in [-0.1, -0.05) is 59.8 Å². The molecule has 0 fully saturated rings. The number of benzene rings is 3. The van der Waals surface area contributed by atoms with Crippen LogP contribution in [0.5, 0.6) is 0 Å². The third-order valence-corrected chi connectivity index (χ3v) is 8.90. The second-order valence-corrected chi connectivity index (χ2v) is 11.9. The Morgan fingerprint density at radius 2 is 1.75 bits per heavy atom. The summed E-state index contributed by atoms with van der Waals surface area (Å²) in [6.07, 6.45) is 0.595. The second kappa shape index (κ2) is 12.9. The Morgan fingerprint density at radius 3 is 2.48 bits per heavy atom. The van der Waals surface area contributed by atoms with Crippen LogP contribution in [0.4, 0.5) is 8.78 Å². The van der Waals surface area contributed by atoms with E-state index >= 15 is 0 Å². The van der Waals surface area contributed by atoms with Gasteiger partial charge in [-0.25, -0.2) is 13.8 Å². The number of aromatic nitrogens is 3. The fourth-order valence-electron chi connectivity index (χ4n) is 4.83. The highest BCUT2D eigenvalue weighted by Crippen LogP contribution is 2.35. The molecule has 2 amide bonds. The molecule has 0 saturated heterocycles. The number of aryl methyl sites for hydroxylation is 1. The maximum atomic E-state index is 14.1. The normalized spacial score (nSPS) is 14.5. The number of hydrazone groups is 1. The van der Waals surface area contributed by atoms with Crippen LogP contribution in [-0.2, 0) is 11.3 Å². The van der Waals surface area contributed by atoms with Crippen LogP contribution in [0, 0.1) is 18.6 Å². The first kappa shape index (κ1) is 29.4. The van der Waals surface area contributed by atoms with E-state index < -0.39 is 17.5 Å². The lowest BCUT2D eigenvalue weighted by Gasteiger charge is -2.22. The standard InChI is InChI=1S/C32H26F2N6O2S2/c1-20-8-10-21(11-9-20)27-17-26(28-7-4-16-43-28)38-40(27)30(41)19-44-32-37-36-29(39(32)23-14-12-22(33)13-15-23)18-35-31(42)24-5-2-3-6-25(24)34/h2-16,27H,17-19H2,1H3,(H,35,42)/t27-/m1/s1. The lowest BCUT2D eigenvalue weighted by Crippen LogP contribution is -2.28. The summed E-state index contributed by atoms with van der Waals surface area (Å²) in [7, 11) is 0. The number of thioether (sulfide) groups is 1. The van der Waals surface area contributed by atoms with Gasteiger partial charge < -0.3 is 5.32 Å². The molecule has 222 valence electrons. The molecule has 0 radical (unpaired) electrons. The van der Waals surface area contributed by atoms with Crippen molar-refractivity contribution >= 4 is 40.6 Å².